The van der Waals surface area contributed by atoms with Crippen molar-refractivity contribution in [1.29, 1.82) is 0 Å². The smallest absolute Gasteiger partial charge is 0.317 e. The highest BCUT2D eigenvalue weighted by molar-refractivity contribution is 5.70. The average Bonchev–Trinajstić information content (AvgIpc) is 2.62. The predicted octanol–water partition coefficient (Wildman–Crippen LogP) is 1.49. The molecule has 140 valence electrons. The van der Waals surface area contributed by atoms with E-state index >= 15 is 0 Å². The van der Waals surface area contributed by atoms with Crippen LogP contribution >= 0.6 is 0 Å². The van der Waals surface area contributed by atoms with Gasteiger partial charge in [-0.15, -0.1) is 16.6 Å². The molecule has 2 heterocycles. The molecular weight excluding hydrogens is 346 g/mol. The first-order valence-corrected chi connectivity index (χ1v) is 8.68. The van der Waals surface area contributed by atoms with Crippen LogP contribution in [0.3, 0.4) is 0 Å². The summed E-state index contributed by atoms with van der Waals surface area (Å²) in [7, 11) is 0. The quantitative estimate of drug-likeness (QED) is 0.682. The molecule has 1 atom stereocenters. The number of phenols is 1. The molecule has 8 nitrogen and oxygen atoms in total. The van der Waals surface area contributed by atoms with Crippen molar-refractivity contribution < 1.29 is 15.0 Å². The molecule has 2 aromatic rings. The molecule has 27 heavy (non-hydrogen) atoms. The topological polar surface area (TPSA) is 111 Å². The van der Waals surface area contributed by atoms with Gasteiger partial charge < -0.3 is 15.5 Å². The van der Waals surface area contributed by atoms with Gasteiger partial charge in [0.15, 0.2) is 0 Å². The zero-order valence-electron chi connectivity index (χ0n) is 15.0. The van der Waals surface area contributed by atoms with Crippen LogP contribution in [0.15, 0.2) is 18.2 Å². The van der Waals surface area contributed by atoms with E-state index < -0.39 is 5.97 Å². The number of piperidine rings is 1. The fraction of sp³-hybridized carbons (Fsp3) is 0.368. The first kappa shape index (κ1) is 18.6. The van der Waals surface area contributed by atoms with Gasteiger partial charge in [0, 0.05) is 23.7 Å². The van der Waals surface area contributed by atoms with Gasteiger partial charge in [-0.1, -0.05) is 5.92 Å². The standard InChI is InChI=1S/C19H21N5O3/c1-3-13-6-7-15(16(25)9-13)18-12(2)20-19(23-22-18)21-14-5-4-8-24(10-14)11-17(26)27/h1,6-7,9,14,25H,4-5,8,10-11H2,2H3,(H,26,27)(H,20,21,23)/t14-/m1/s1. The van der Waals surface area contributed by atoms with Crippen molar-refractivity contribution in [2.75, 3.05) is 25.0 Å². The number of carbonyl (C=O) groups is 1. The maximum atomic E-state index is 10.9. The van der Waals surface area contributed by atoms with Gasteiger partial charge >= 0.3 is 5.97 Å². The van der Waals surface area contributed by atoms with Crippen LogP contribution in [0.25, 0.3) is 11.3 Å². The van der Waals surface area contributed by atoms with Gasteiger partial charge in [0.2, 0.25) is 5.95 Å². The van der Waals surface area contributed by atoms with Crippen molar-refractivity contribution in [3.05, 3.63) is 29.5 Å². The Bertz CT molecular complexity index is 893. The molecule has 3 N–H and O–H groups in total. The zero-order valence-corrected chi connectivity index (χ0v) is 15.0. The third kappa shape index (κ3) is 4.51. The van der Waals surface area contributed by atoms with Gasteiger partial charge in [-0.2, -0.15) is 0 Å². The van der Waals surface area contributed by atoms with E-state index in [1.54, 1.807) is 19.1 Å². The lowest BCUT2D eigenvalue weighted by Crippen LogP contribution is -2.44. The molecule has 0 radical (unpaired) electrons. The Balaban J connectivity index is 1.73. The number of carboxylic acids is 1. The maximum absolute atomic E-state index is 10.9. The van der Waals surface area contributed by atoms with E-state index in [0.717, 1.165) is 19.4 Å². The number of terminal acetylenes is 1. The fourth-order valence-electron chi connectivity index (χ4n) is 3.23. The number of phenolic OH excluding ortho intramolecular Hbond substituents is 1. The summed E-state index contributed by atoms with van der Waals surface area (Å²) in [5.41, 5.74) is 2.20. The summed E-state index contributed by atoms with van der Waals surface area (Å²) in [4.78, 5) is 17.2. The molecule has 0 amide bonds. The molecule has 0 unspecified atom stereocenters. The average molecular weight is 367 g/mol. The Kier molecular flexibility index (Phi) is 5.52. The highest BCUT2D eigenvalue weighted by Gasteiger charge is 2.22. The molecule has 8 heteroatoms. The van der Waals surface area contributed by atoms with Gasteiger partial charge in [0.05, 0.1) is 12.2 Å². The van der Waals surface area contributed by atoms with E-state index in [4.69, 9.17) is 11.5 Å². The monoisotopic (exact) mass is 367 g/mol. The first-order valence-electron chi connectivity index (χ1n) is 8.68. The second-order valence-corrected chi connectivity index (χ2v) is 6.56. The summed E-state index contributed by atoms with van der Waals surface area (Å²) in [5.74, 6) is 2.06. The summed E-state index contributed by atoms with van der Waals surface area (Å²) in [6.45, 7) is 3.21. The maximum Gasteiger partial charge on any atom is 0.317 e. The molecule has 0 saturated carbocycles. The molecule has 1 aromatic heterocycles. The number of aromatic nitrogens is 3. The van der Waals surface area contributed by atoms with E-state index in [2.05, 4.69) is 26.4 Å². The number of aliphatic carboxylic acids is 1. The number of aromatic hydroxyl groups is 1. The predicted molar refractivity (Wildman–Crippen MR) is 100 cm³/mol. The number of hydrogen-bond donors (Lipinski definition) is 3. The summed E-state index contributed by atoms with van der Waals surface area (Å²) < 4.78 is 0. The molecule has 0 spiro atoms. The molecule has 3 rings (SSSR count). The van der Waals surface area contributed by atoms with Crippen molar-refractivity contribution in [3.8, 4) is 29.4 Å². The van der Waals surface area contributed by atoms with Gasteiger partial charge in [0.1, 0.15) is 11.4 Å². The van der Waals surface area contributed by atoms with E-state index in [9.17, 15) is 9.90 Å². The highest BCUT2D eigenvalue weighted by Crippen LogP contribution is 2.30. The lowest BCUT2D eigenvalue weighted by molar-refractivity contribution is -0.138. The number of likely N-dealkylation sites (tertiary alicyclic amines) is 1. The molecule has 1 fully saturated rings. The molecule has 1 saturated heterocycles. The minimum Gasteiger partial charge on any atom is -0.507 e. The second-order valence-electron chi connectivity index (χ2n) is 6.56. The second kappa shape index (κ2) is 8.01. The number of nitrogens with one attached hydrogen (secondary N) is 1. The van der Waals surface area contributed by atoms with E-state index in [0.29, 0.717) is 35.0 Å². The Morgan fingerprint density at radius 1 is 1.44 bits per heavy atom. The minimum absolute atomic E-state index is 0.0296. The summed E-state index contributed by atoms with van der Waals surface area (Å²) in [6.07, 6.45) is 7.16. The molecule has 0 bridgehead atoms. The van der Waals surface area contributed by atoms with Crippen LogP contribution in [-0.2, 0) is 4.79 Å². The van der Waals surface area contributed by atoms with Crippen LogP contribution in [0.1, 0.15) is 24.1 Å². The van der Waals surface area contributed by atoms with Crippen molar-refractivity contribution in [2.45, 2.75) is 25.8 Å². The third-order valence-electron chi connectivity index (χ3n) is 4.48. The number of benzene rings is 1. The summed E-state index contributed by atoms with van der Waals surface area (Å²) >= 11 is 0. The molecular formula is C19H21N5O3. The number of aryl methyl sites for hydroxylation is 1. The normalized spacial score (nSPS) is 17.3. The largest absolute Gasteiger partial charge is 0.507 e. The molecule has 1 aliphatic heterocycles. The fourth-order valence-corrected chi connectivity index (χ4v) is 3.23. The molecule has 1 aromatic carbocycles. The lowest BCUT2D eigenvalue weighted by atomic mass is 10.1. The van der Waals surface area contributed by atoms with E-state index in [1.165, 1.54) is 6.07 Å². The first-order chi connectivity index (χ1) is 13.0. The van der Waals surface area contributed by atoms with Gasteiger partial charge in [-0.25, -0.2) is 4.98 Å². The third-order valence-corrected chi connectivity index (χ3v) is 4.48. The van der Waals surface area contributed by atoms with E-state index in [-0.39, 0.29) is 18.3 Å². The van der Waals surface area contributed by atoms with Gasteiger partial charge in [0.25, 0.3) is 0 Å². The Labute approximate surface area is 157 Å². The van der Waals surface area contributed by atoms with Gasteiger partial charge in [-0.3, -0.25) is 9.69 Å². The van der Waals surface area contributed by atoms with Crippen molar-refractivity contribution >= 4 is 11.9 Å². The minimum atomic E-state index is -0.829. The van der Waals surface area contributed by atoms with Crippen molar-refractivity contribution in [1.82, 2.24) is 20.1 Å². The van der Waals surface area contributed by atoms with Crippen LogP contribution in [0.2, 0.25) is 0 Å². The van der Waals surface area contributed by atoms with Crippen molar-refractivity contribution in [3.63, 3.8) is 0 Å². The van der Waals surface area contributed by atoms with Crippen LogP contribution in [0.4, 0.5) is 5.95 Å². The Morgan fingerprint density at radius 3 is 2.93 bits per heavy atom. The SMILES string of the molecule is C#Cc1ccc(-c2nnc(N[C@@H]3CCCN(CC(=O)O)C3)nc2C)c(O)c1. The number of nitrogens with zero attached hydrogens (tertiary/aromatic N) is 4. The van der Waals surface area contributed by atoms with Crippen LogP contribution < -0.4 is 5.32 Å². The van der Waals surface area contributed by atoms with Crippen LogP contribution in [0.5, 0.6) is 5.75 Å². The molecule has 1 aliphatic rings. The Morgan fingerprint density at radius 2 is 2.26 bits per heavy atom. The van der Waals surface area contributed by atoms with Gasteiger partial charge in [-0.05, 0) is 44.5 Å². The Hall–Kier alpha value is -3.18. The number of anilines is 1. The number of hydrogen-bond acceptors (Lipinski definition) is 7. The summed E-state index contributed by atoms with van der Waals surface area (Å²) in [6, 6.07) is 4.98. The lowest BCUT2D eigenvalue weighted by Gasteiger charge is -2.31. The number of carboxylic acid groups (broad SMARTS) is 1. The zero-order chi connectivity index (χ0) is 19.4. The number of rotatable bonds is 5. The highest BCUT2D eigenvalue weighted by atomic mass is 16.4. The van der Waals surface area contributed by atoms with E-state index in [1.807, 2.05) is 4.90 Å². The van der Waals surface area contributed by atoms with Crippen LogP contribution in [0, 0.1) is 19.3 Å². The van der Waals surface area contributed by atoms with Crippen molar-refractivity contribution in [2.24, 2.45) is 0 Å². The summed E-state index contributed by atoms with van der Waals surface area (Å²) in [5, 5.41) is 30.7. The molecule has 0 aliphatic carbocycles. The van der Waals surface area contributed by atoms with Crippen LogP contribution in [-0.4, -0.2) is 61.9 Å².